The smallest absolute Gasteiger partial charge is 0.306 e. The van der Waals surface area contributed by atoms with Gasteiger partial charge < -0.3 is 4.74 Å². The van der Waals surface area contributed by atoms with Gasteiger partial charge in [0, 0.05) is 15.2 Å². The molecule has 0 radical (unpaired) electrons. The number of esters is 1. The maximum Gasteiger partial charge on any atom is 0.306 e. The standard InChI is InChI=1S/C12H12ClNO2S/c1-8(5-12(15)16-2)17-11-4-3-10(13)6-9(11)7-14/h3-4,6,8H,5H2,1-2H3. The first-order valence-electron chi connectivity index (χ1n) is 5.00. The Balaban J connectivity index is 2.75. The van der Waals surface area contributed by atoms with E-state index in [1.807, 2.05) is 6.92 Å². The largest absolute Gasteiger partial charge is 0.469 e. The van der Waals surface area contributed by atoms with E-state index in [2.05, 4.69) is 10.8 Å². The molecule has 0 aliphatic carbocycles. The Hall–Kier alpha value is -1.18. The van der Waals surface area contributed by atoms with E-state index in [0.717, 1.165) is 4.90 Å². The maximum absolute atomic E-state index is 11.1. The lowest BCUT2D eigenvalue weighted by molar-refractivity contribution is -0.140. The Morgan fingerprint density at radius 3 is 2.94 bits per heavy atom. The average Bonchev–Trinajstić information content (AvgIpc) is 2.31. The van der Waals surface area contributed by atoms with Crippen molar-refractivity contribution in [3.63, 3.8) is 0 Å². The quantitative estimate of drug-likeness (QED) is 0.622. The molecule has 1 aromatic carbocycles. The van der Waals surface area contributed by atoms with Gasteiger partial charge >= 0.3 is 5.97 Å². The number of methoxy groups -OCH3 is 1. The summed E-state index contributed by atoms with van der Waals surface area (Å²) in [6.07, 6.45) is 0.314. The summed E-state index contributed by atoms with van der Waals surface area (Å²) in [5.41, 5.74) is 0.527. The van der Waals surface area contributed by atoms with Crippen LogP contribution in [0.2, 0.25) is 5.02 Å². The molecule has 90 valence electrons. The summed E-state index contributed by atoms with van der Waals surface area (Å²) >= 11 is 7.27. The van der Waals surface area contributed by atoms with E-state index in [1.54, 1.807) is 18.2 Å². The fraction of sp³-hybridized carbons (Fsp3) is 0.333. The number of halogens is 1. The summed E-state index contributed by atoms with van der Waals surface area (Å²) in [5.74, 6) is -0.252. The summed E-state index contributed by atoms with van der Waals surface area (Å²) in [4.78, 5) is 11.9. The minimum atomic E-state index is -0.252. The predicted octanol–water partition coefficient (Wildman–Crippen LogP) is 3.26. The van der Waals surface area contributed by atoms with Crippen molar-refractivity contribution in [3.05, 3.63) is 28.8 Å². The van der Waals surface area contributed by atoms with Gasteiger partial charge in [-0.25, -0.2) is 0 Å². The van der Waals surface area contributed by atoms with E-state index < -0.39 is 0 Å². The van der Waals surface area contributed by atoms with Crippen LogP contribution in [0.3, 0.4) is 0 Å². The number of hydrogen-bond donors (Lipinski definition) is 0. The predicted molar refractivity (Wildman–Crippen MR) is 68.1 cm³/mol. The van der Waals surface area contributed by atoms with E-state index in [0.29, 0.717) is 17.0 Å². The Morgan fingerprint density at radius 1 is 1.65 bits per heavy atom. The van der Waals surface area contributed by atoms with E-state index in [9.17, 15) is 4.79 Å². The molecule has 0 saturated carbocycles. The highest BCUT2D eigenvalue weighted by Crippen LogP contribution is 2.30. The minimum Gasteiger partial charge on any atom is -0.469 e. The molecule has 1 aromatic rings. The summed E-state index contributed by atoms with van der Waals surface area (Å²) in [6, 6.07) is 7.23. The fourth-order valence-corrected chi connectivity index (χ4v) is 2.47. The van der Waals surface area contributed by atoms with Crippen LogP contribution in [0.1, 0.15) is 18.9 Å². The van der Waals surface area contributed by atoms with Gasteiger partial charge in [0.2, 0.25) is 0 Å². The zero-order valence-electron chi connectivity index (χ0n) is 9.57. The normalized spacial score (nSPS) is 11.6. The van der Waals surface area contributed by atoms with Gasteiger partial charge in [-0.2, -0.15) is 5.26 Å². The lowest BCUT2D eigenvalue weighted by atomic mass is 10.2. The Labute approximate surface area is 110 Å². The van der Waals surface area contributed by atoms with Crippen LogP contribution in [0.5, 0.6) is 0 Å². The second-order valence-electron chi connectivity index (χ2n) is 3.46. The molecule has 1 rings (SSSR count). The van der Waals surface area contributed by atoms with Crippen LogP contribution in [0.25, 0.3) is 0 Å². The van der Waals surface area contributed by atoms with Crippen LogP contribution in [0.15, 0.2) is 23.1 Å². The zero-order chi connectivity index (χ0) is 12.8. The summed E-state index contributed by atoms with van der Waals surface area (Å²) < 4.78 is 4.60. The van der Waals surface area contributed by atoms with E-state index in [-0.39, 0.29) is 11.2 Å². The molecule has 0 spiro atoms. The Kier molecular flexibility index (Phi) is 5.33. The molecule has 0 heterocycles. The SMILES string of the molecule is COC(=O)CC(C)Sc1ccc(Cl)cc1C#N. The average molecular weight is 270 g/mol. The first-order valence-corrected chi connectivity index (χ1v) is 6.25. The number of carbonyl (C=O) groups excluding carboxylic acids is 1. The number of hydrogen-bond acceptors (Lipinski definition) is 4. The molecule has 0 N–H and O–H groups in total. The first kappa shape index (κ1) is 13.9. The summed E-state index contributed by atoms with van der Waals surface area (Å²) in [5, 5.41) is 9.56. The van der Waals surface area contributed by atoms with Gasteiger partial charge in [0.1, 0.15) is 6.07 Å². The van der Waals surface area contributed by atoms with Crippen molar-refractivity contribution in [3.8, 4) is 6.07 Å². The molecule has 0 fully saturated rings. The minimum absolute atomic E-state index is 0.0516. The van der Waals surface area contributed by atoms with Crippen LogP contribution in [-0.4, -0.2) is 18.3 Å². The molecule has 0 bridgehead atoms. The zero-order valence-corrected chi connectivity index (χ0v) is 11.1. The molecule has 1 unspecified atom stereocenters. The van der Waals surface area contributed by atoms with E-state index >= 15 is 0 Å². The molecule has 0 aromatic heterocycles. The van der Waals surface area contributed by atoms with Gasteiger partial charge in [-0.15, -0.1) is 11.8 Å². The molecule has 5 heteroatoms. The second kappa shape index (κ2) is 6.53. The van der Waals surface area contributed by atoms with Gasteiger partial charge in [0.15, 0.2) is 0 Å². The van der Waals surface area contributed by atoms with Crippen molar-refractivity contribution >= 4 is 29.3 Å². The third-order valence-electron chi connectivity index (χ3n) is 2.07. The molecule has 1 atom stereocenters. The molecular weight excluding hydrogens is 258 g/mol. The molecule has 17 heavy (non-hydrogen) atoms. The number of rotatable bonds is 4. The van der Waals surface area contributed by atoms with Gasteiger partial charge in [-0.3, -0.25) is 4.79 Å². The number of nitrogens with zero attached hydrogens (tertiary/aromatic N) is 1. The van der Waals surface area contributed by atoms with Gasteiger partial charge in [-0.1, -0.05) is 18.5 Å². The van der Waals surface area contributed by atoms with Crippen LogP contribution in [0.4, 0.5) is 0 Å². The van der Waals surface area contributed by atoms with Crippen molar-refractivity contribution in [2.75, 3.05) is 7.11 Å². The van der Waals surface area contributed by atoms with Crippen molar-refractivity contribution in [1.29, 1.82) is 5.26 Å². The molecule has 0 saturated heterocycles. The van der Waals surface area contributed by atoms with Gasteiger partial charge in [-0.05, 0) is 18.2 Å². The topological polar surface area (TPSA) is 50.1 Å². The lowest BCUT2D eigenvalue weighted by Gasteiger charge is -2.10. The molecule has 0 amide bonds. The van der Waals surface area contributed by atoms with Crippen LogP contribution in [-0.2, 0) is 9.53 Å². The van der Waals surface area contributed by atoms with E-state index in [1.165, 1.54) is 18.9 Å². The Bertz CT molecular complexity index is 456. The van der Waals surface area contributed by atoms with Crippen molar-refractivity contribution in [2.24, 2.45) is 0 Å². The number of benzene rings is 1. The highest BCUT2D eigenvalue weighted by molar-refractivity contribution is 8.00. The Morgan fingerprint density at radius 2 is 2.35 bits per heavy atom. The monoisotopic (exact) mass is 269 g/mol. The number of nitriles is 1. The van der Waals surface area contributed by atoms with E-state index in [4.69, 9.17) is 16.9 Å². The number of ether oxygens (including phenoxy) is 1. The highest BCUT2D eigenvalue weighted by atomic mass is 35.5. The molecule has 0 aliphatic heterocycles. The van der Waals surface area contributed by atoms with Gasteiger partial charge in [0.25, 0.3) is 0 Å². The highest BCUT2D eigenvalue weighted by Gasteiger charge is 2.13. The van der Waals surface area contributed by atoms with Crippen molar-refractivity contribution < 1.29 is 9.53 Å². The van der Waals surface area contributed by atoms with Crippen LogP contribution < -0.4 is 0 Å². The number of carbonyl (C=O) groups is 1. The maximum atomic E-state index is 11.1. The molecule has 3 nitrogen and oxygen atoms in total. The molecular formula is C12H12ClNO2S. The third kappa shape index (κ3) is 4.29. The van der Waals surface area contributed by atoms with Crippen molar-refractivity contribution in [2.45, 2.75) is 23.5 Å². The first-order chi connectivity index (χ1) is 8.06. The van der Waals surface area contributed by atoms with Crippen molar-refractivity contribution in [1.82, 2.24) is 0 Å². The second-order valence-corrected chi connectivity index (χ2v) is 5.38. The van der Waals surface area contributed by atoms with Crippen LogP contribution in [0, 0.1) is 11.3 Å². The fourth-order valence-electron chi connectivity index (χ4n) is 1.27. The van der Waals surface area contributed by atoms with Crippen LogP contribution >= 0.6 is 23.4 Å². The number of thioether (sulfide) groups is 1. The molecule has 0 aliphatic rings. The van der Waals surface area contributed by atoms with Gasteiger partial charge in [0.05, 0.1) is 19.1 Å². The lowest BCUT2D eigenvalue weighted by Crippen LogP contribution is -2.08. The third-order valence-corrected chi connectivity index (χ3v) is 3.49. The summed E-state index contributed by atoms with van der Waals surface area (Å²) in [6.45, 7) is 1.91. The summed E-state index contributed by atoms with van der Waals surface area (Å²) in [7, 11) is 1.36.